The van der Waals surface area contributed by atoms with E-state index < -0.39 is 99.6 Å². The number of hydrogen-bond donors (Lipinski definition) is 6. The number of carbonyl (C=O) groups excluding carboxylic acids is 8. The monoisotopic (exact) mass is 1770 g/mol. The molecule has 1 saturated heterocycles. The molecule has 34 nitrogen and oxygen atoms in total. The summed E-state index contributed by atoms with van der Waals surface area (Å²) in [5.74, 6) is -2.51. The second-order valence-electron chi connectivity index (χ2n) is 31.1. The molecule has 0 spiro atoms. The highest BCUT2D eigenvalue weighted by molar-refractivity contribution is 7.85. The molecule has 5 aromatic carbocycles. The van der Waals surface area contributed by atoms with Crippen LogP contribution in [0.25, 0.3) is 43.2 Å². The average Bonchev–Trinajstić information content (AvgIpc) is 1.59. The molecule has 1 aliphatic heterocycles. The van der Waals surface area contributed by atoms with E-state index in [0.29, 0.717) is 112 Å². The first-order valence-corrected chi connectivity index (χ1v) is 42.7. The number of anilines is 1. The van der Waals surface area contributed by atoms with Gasteiger partial charge in [0.2, 0.25) is 23.8 Å². The number of piperazine rings is 1. The largest absolute Gasteiger partial charge is 0.496 e. The van der Waals surface area contributed by atoms with E-state index in [1.165, 1.54) is 86.1 Å². The van der Waals surface area contributed by atoms with Crippen LogP contribution in [0.3, 0.4) is 0 Å². The van der Waals surface area contributed by atoms with Crippen LogP contribution in [0.2, 0.25) is 5.02 Å². The summed E-state index contributed by atoms with van der Waals surface area (Å²) in [6.07, 6.45) is -0.0513. The number of para-hydroxylation sites is 2. The Morgan fingerprint density at radius 3 is 2.19 bits per heavy atom. The molecule has 7 N–H and O–H groups in total. The zero-order valence-corrected chi connectivity index (χ0v) is 73.8. The van der Waals surface area contributed by atoms with Crippen molar-refractivity contribution in [2.75, 3.05) is 126 Å². The third-order valence-electron chi connectivity index (χ3n) is 20.2. The van der Waals surface area contributed by atoms with Gasteiger partial charge in [-0.15, -0.1) is 11.3 Å². The summed E-state index contributed by atoms with van der Waals surface area (Å²) in [6, 6.07) is 25.2. The molecule has 1 fully saturated rings. The number of quaternary nitrogens is 1. The Labute approximate surface area is 728 Å². The molecule has 0 bridgehead atoms. The third kappa shape index (κ3) is 27.5. The molecular formula is C86H107ClFN14O20S2+. The fraction of sp³-hybridized carbons (Fsp3) is 0.419. The van der Waals surface area contributed by atoms with Crippen molar-refractivity contribution in [1.29, 1.82) is 0 Å². The van der Waals surface area contributed by atoms with Gasteiger partial charge in [-0.25, -0.2) is 53.1 Å². The van der Waals surface area contributed by atoms with Crippen molar-refractivity contribution in [2.45, 2.75) is 111 Å². The number of amides is 8. The number of carbonyl (C=O) groups is 8. The summed E-state index contributed by atoms with van der Waals surface area (Å²) in [7, 11) is 5.07. The molecule has 0 saturated carbocycles. The van der Waals surface area contributed by atoms with Crippen LogP contribution >= 0.6 is 22.9 Å². The smallest absolute Gasteiger partial charge is 0.415 e. The lowest BCUT2D eigenvalue weighted by Gasteiger charge is -2.42. The van der Waals surface area contributed by atoms with Crippen LogP contribution in [-0.2, 0) is 69.6 Å². The summed E-state index contributed by atoms with van der Waals surface area (Å²) in [6.45, 7) is 17.4. The number of alkyl carbamates (subject to hydrolysis) is 1. The van der Waals surface area contributed by atoms with Gasteiger partial charge in [0.25, 0.3) is 10.1 Å². The van der Waals surface area contributed by atoms with Crippen molar-refractivity contribution in [3.63, 3.8) is 0 Å². The second-order valence-corrected chi connectivity index (χ2v) is 34.1. The predicted molar refractivity (Wildman–Crippen MR) is 463 cm³/mol. The highest BCUT2D eigenvalue weighted by Gasteiger charge is 2.35. The van der Waals surface area contributed by atoms with Crippen molar-refractivity contribution in [1.82, 2.24) is 55.5 Å². The normalized spacial score (nSPS) is 13.4. The Morgan fingerprint density at radius 1 is 0.790 bits per heavy atom. The molecule has 4 heterocycles. The van der Waals surface area contributed by atoms with Crippen LogP contribution in [0.15, 0.2) is 128 Å². The standard InChI is InChI=1S/C86H106ClFN14O20S2/c1-14-43-117-84(109)100(10)49-58-46-59(95-76(103)64(23-19-33-91-81(89)106)96-77(104)73(53(2)3)97-82(107)122-86(5,6)7)28-26-57(58)50-119-83(108)98(8)35-36-99(9)85(110)121-68-48-56(27-30-63(68)88)74-70(61-29-31-67(72(87)54(61)4)116-44-39-101-37-41-102(11,42-38-101)40-20-45-124(111,112)113)71-78(92-52-93-79(71)123-74)120-69(80(105)115-13)47-55-21-15-17-24-65(55)118-51-60-32-34-90-75(94-60)62-22-16-18-25-66(62)114-12/h14-18,21-22,24-32,34,46,48,52-53,64,69,73H,1,19-20,23,33,35-45,47,49-51H2,2-13H3,(H6-,89,91,95,96,97,103,104,106,107,111,112,113)/p+1/t64-,69+,73-/m0/s1. The van der Waals surface area contributed by atoms with Gasteiger partial charge in [0.1, 0.15) is 72.5 Å². The Morgan fingerprint density at radius 2 is 1.50 bits per heavy atom. The molecule has 124 heavy (non-hydrogen) atoms. The summed E-state index contributed by atoms with van der Waals surface area (Å²) in [5, 5.41) is 11.1. The van der Waals surface area contributed by atoms with Crippen LogP contribution in [0.4, 0.5) is 34.1 Å². The number of hydrogen-bond acceptors (Lipinski definition) is 25. The van der Waals surface area contributed by atoms with Crippen LogP contribution in [0, 0.1) is 18.7 Å². The van der Waals surface area contributed by atoms with E-state index in [4.69, 9.17) is 69.9 Å². The number of thiophene rings is 1. The molecule has 1 aliphatic rings. The Kier molecular flexibility index (Phi) is 34.3. The number of ether oxygens (including phenoxy) is 9. The molecule has 0 unspecified atom stereocenters. The number of nitrogens with zero attached hydrogens (tertiary/aromatic N) is 9. The SMILES string of the molecule is C=CCOC(=O)N(C)Cc1cc(NC(=O)[C@H](CCCNC(N)=O)NC(=O)[C@@H](NC(=O)OC(C)(C)C)C(C)C)ccc1COC(=O)N(C)CCN(C)C(=O)Oc1cc(-c2sc3ncnc(O[C@H](Cc4ccccc4OCc4ccnc(-c5ccccc5OC)n4)C(=O)OC)c3c2-c2ccc(OCCN3CC[N+](C)(CCCS(=O)(=O)O)CC3)c(Cl)c2C)ccc1F. The molecule has 9 rings (SSSR count). The number of esters is 1. The van der Waals surface area contributed by atoms with E-state index >= 15 is 4.39 Å². The molecule has 38 heteroatoms. The van der Waals surface area contributed by atoms with Crippen molar-refractivity contribution < 1.29 is 103 Å². The summed E-state index contributed by atoms with van der Waals surface area (Å²) in [5.41, 5.74) is 9.03. The van der Waals surface area contributed by atoms with E-state index in [9.17, 15) is 51.3 Å². The zero-order chi connectivity index (χ0) is 90.2. The zero-order valence-electron chi connectivity index (χ0n) is 71.4. The number of urea groups is 1. The molecule has 0 aliphatic carbocycles. The first kappa shape index (κ1) is 95.8. The van der Waals surface area contributed by atoms with Crippen molar-refractivity contribution in [3.05, 3.63) is 167 Å². The minimum absolute atomic E-state index is 0.00515. The highest BCUT2D eigenvalue weighted by atomic mass is 35.5. The molecule has 3 aromatic heterocycles. The first-order valence-electron chi connectivity index (χ1n) is 39.9. The van der Waals surface area contributed by atoms with Crippen LogP contribution in [-0.4, -0.2) is 249 Å². The number of halogens is 2. The number of fused-ring (bicyclic) bond motifs is 1. The number of nitrogens with two attached hydrogens (primary N) is 1. The quantitative estimate of drug-likeness (QED) is 0.00519. The minimum atomic E-state index is -4.07. The Hall–Kier alpha value is -12.0. The van der Waals surface area contributed by atoms with Gasteiger partial charge in [0, 0.05) is 102 Å². The lowest BCUT2D eigenvalue weighted by Crippen LogP contribution is -2.58. The van der Waals surface area contributed by atoms with Gasteiger partial charge >= 0.3 is 36.4 Å². The van der Waals surface area contributed by atoms with Gasteiger partial charge in [-0.3, -0.25) is 19.0 Å². The van der Waals surface area contributed by atoms with Crippen LogP contribution in [0.5, 0.6) is 28.9 Å². The van der Waals surface area contributed by atoms with Crippen molar-refractivity contribution >= 4 is 97.1 Å². The maximum atomic E-state index is 16.4. The number of aromatic nitrogens is 4. The van der Waals surface area contributed by atoms with Gasteiger partial charge in [-0.1, -0.05) is 86.6 Å². The van der Waals surface area contributed by atoms with Crippen molar-refractivity contribution in [2.24, 2.45) is 11.7 Å². The summed E-state index contributed by atoms with van der Waals surface area (Å²) in [4.78, 5) is 133. The van der Waals surface area contributed by atoms with E-state index in [0.717, 1.165) is 37.1 Å². The molecule has 8 aromatic rings. The van der Waals surface area contributed by atoms with Gasteiger partial charge in [0.15, 0.2) is 17.4 Å². The number of benzene rings is 5. The topological polar surface area (TPSA) is 413 Å². The van der Waals surface area contributed by atoms with Crippen molar-refractivity contribution in [3.8, 4) is 61.8 Å². The number of rotatable bonds is 40. The lowest BCUT2D eigenvalue weighted by molar-refractivity contribution is -0.913. The van der Waals surface area contributed by atoms with Gasteiger partial charge in [0.05, 0.1) is 68.3 Å². The first-order chi connectivity index (χ1) is 58.9. The third-order valence-corrected chi connectivity index (χ3v) is 22.6. The van der Waals surface area contributed by atoms with E-state index in [1.807, 2.05) is 24.3 Å². The predicted octanol–water partition coefficient (Wildman–Crippen LogP) is 11.6. The highest BCUT2D eigenvalue weighted by Crippen LogP contribution is 2.50. The Balaban J connectivity index is 0.933. The molecule has 3 atom stereocenters. The maximum absolute atomic E-state index is 16.4. The molecule has 0 radical (unpaired) electrons. The number of nitrogens with one attached hydrogen (secondary N) is 4. The average molecular weight is 1780 g/mol. The fourth-order valence-electron chi connectivity index (χ4n) is 13.3. The van der Waals surface area contributed by atoms with E-state index in [2.05, 4.69) is 49.8 Å². The summed E-state index contributed by atoms with van der Waals surface area (Å²) >= 11 is 8.49. The van der Waals surface area contributed by atoms with Gasteiger partial charge in [-0.05, 0) is 134 Å². The second kappa shape index (κ2) is 44.3. The summed E-state index contributed by atoms with van der Waals surface area (Å²) < 4.78 is 102. The van der Waals surface area contributed by atoms with Gasteiger partial charge in [-0.2, -0.15) is 8.42 Å². The number of methoxy groups -OCH3 is 2. The van der Waals surface area contributed by atoms with E-state index in [1.54, 1.807) is 103 Å². The van der Waals surface area contributed by atoms with E-state index in [-0.39, 0.29) is 94.2 Å². The maximum Gasteiger partial charge on any atom is 0.415 e. The Bertz CT molecular complexity index is 5250. The van der Waals surface area contributed by atoms with Crippen LogP contribution < -0.4 is 50.7 Å². The lowest BCUT2D eigenvalue weighted by atomic mass is 9.95. The number of primary amides is 1. The minimum Gasteiger partial charge on any atom is -0.496 e. The molecular weight excluding hydrogens is 1670 g/mol. The number of likely N-dealkylation sites (N-methyl/N-ethyl adjacent to an activating group) is 3. The molecule has 8 amide bonds. The fourth-order valence-corrected chi connectivity index (χ4v) is 15.2. The molecule has 666 valence electrons. The van der Waals surface area contributed by atoms with Gasteiger partial charge < -0.3 is 88.8 Å². The van der Waals surface area contributed by atoms with Crippen LogP contribution in [0.1, 0.15) is 81.8 Å².